The second-order valence-corrected chi connectivity index (χ2v) is 2.94. The summed E-state index contributed by atoms with van der Waals surface area (Å²) in [5.74, 6) is -0.727. The van der Waals surface area contributed by atoms with Gasteiger partial charge in [-0.25, -0.2) is 4.79 Å². The van der Waals surface area contributed by atoms with Gasteiger partial charge >= 0.3 is 35.5 Å². The summed E-state index contributed by atoms with van der Waals surface area (Å²) < 4.78 is 24.4. The van der Waals surface area contributed by atoms with E-state index in [0.717, 1.165) is 0 Å². The van der Waals surface area contributed by atoms with Crippen LogP contribution in [-0.2, 0) is 20.6 Å². The Morgan fingerprint density at radius 3 is 2.50 bits per heavy atom. The van der Waals surface area contributed by atoms with E-state index < -0.39 is 17.0 Å². The first-order valence-electron chi connectivity index (χ1n) is 2.92. The smallest absolute Gasteiger partial charge is 0.772 e. The molecule has 0 aromatic carbocycles. The minimum absolute atomic E-state index is 0. The first kappa shape index (κ1) is 14.8. The molecule has 0 rings (SSSR count). The predicted molar refractivity (Wildman–Crippen MR) is 39.6 cm³/mol. The number of ether oxygens (including phenoxy) is 1. The second-order valence-electron chi connectivity index (χ2n) is 1.92. The largest absolute Gasteiger partial charge is 1.00 e. The molecule has 1 unspecified atom stereocenters. The van der Waals surface area contributed by atoms with Gasteiger partial charge < -0.3 is 9.29 Å². The number of esters is 1. The van der Waals surface area contributed by atoms with Gasteiger partial charge in [-0.15, -0.1) is 0 Å². The zero-order valence-corrected chi connectivity index (χ0v) is 9.98. The average molecular weight is 200 g/mol. The molecule has 12 heavy (non-hydrogen) atoms. The quantitative estimate of drug-likeness (QED) is 0.210. The van der Waals surface area contributed by atoms with Crippen molar-refractivity contribution in [3.8, 4) is 0 Å². The molecule has 0 aliphatic rings. The van der Waals surface area contributed by atoms with E-state index in [9.17, 15) is 13.6 Å². The number of carbonyl (C=O) groups is 1. The van der Waals surface area contributed by atoms with Crippen molar-refractivity contribution >= 4 is 17.0 Å². The van der Waals surface area contributed by atoms with E-state index in [1.807, 2.05) is 0 Å². The molecule has 0 spiro atoms. The van der Waals surface area contributed by atoms with E-state index in [4.69, 9.17) is 0 Å². The summed E-state index contributed by atoms with van der Waals surface area (Å²) in [6, 6.07) is 0. The molecule has 0 N–H and O–H groups in total. The second kappa shape index (κ2) is 7.94. The fraction of sp³-hybridized carbons (Fsp3) is 0.500. The normalized spacial score (nSPS) is 11.2. The summed E-state index contributed by atoms with van der Waals surface area (Å²) in [6.45, 7) is 4.71. The van der Waals surface area contributed by atoms with Crippen LogP contribution in [0, 0.1) is 0 Å². The molecule has 0 aliphatic heterocycles. The maximum atomic E-state index is 10.6. The Morgan fingerprint density at radius 2 is 2.17 bits per heavy atom. The molecular formula is C6H9NaO4S. The maximum Gasteiger partial charge on any atom is 1.00 e. The molecule has 4 nitrogen and oxygen atoms in total. The van der Waals surface area contributed by atoms with Crippen LogP contribution in [0.2, 0.25) is 0 Å². The van der Waals surface area contributed by atoms with Gasteiger partial charge in [-0.05, 0) is 6.92 Å². The molecule has 0 radical (unpaired) electrons. The van der Waals surface area contributed by atoms with Crippen molar-refractivity contribution in [1.29, 1.82) is 0 Å². The third-order valence-electron chi connectivity index (χ3n) is 0.832. The first-order chi connectivity index (χ1) is 5.04. The molecule has 6 heteroatoms. The van der Waals surface area contributed by atoms with Crippen LogP contribution in [-0.4, -0.2) is 27.1 Å². The van der Waals surface area contributed by atoms with Crippen molar-refractivity contribution in [3.63, 3.8) is 0 Å². The van der Waals surface area contributed by atoms with Crippen LogP contribution in [0.5, 0.6) is 0 Å². The van der Waals surface area contributed by atoms with Crippen molar-refractivity contribution in [2.24, 2.45) is 0 Å². The molecule has 0 aromatic rings. The summed E-state index contributed by atoms with van der Waals surface area (Å²) in [6.07, 6.45) is 0. The fourth-order valence-electron chi connectivity index (χ4n) is 0.326. The van der Waals surface area contributed by atoms with Gasteiger partial charge in [0.25, 0.3) is 0 Å². The van der Waals surface area contributed by atoms with E-state index >= 15 is 0 Å². The molecule has 0 fully saturated rings. The van der Waals surface area contributed by atoms with Crippen LogP contribution in [0.15, 0.2) is 12.2 Å². The van der Waals surface area contributed by atoms with Gasteiger partial charge in [0.1, 0.15) is 6.61 Å². The van der Waals surface area contributed by atoms with Gasteiger partial charge in [0.15, 0.2) is 0 Å². The average Bonchev–Trinajstić information content (AvgIpc) is 1.86. The molecule has 64 valence electrons. The van der Waals surface area contributed by atoms with Gasteiger partial charge in [0.05, 0.1) is 0 Å². The van der Waals surface area contributed by atoms with Crippen molar-refractivity contribution < 1.29 is 47.9 Å². The zero-order chi connectivity index (χ0) is 8.85. The predicted octanol–water partition coefficient (Wildman–Crippen LogP) is -3.01. The first-order valence-corrected chi connectivity index (χ1v) is 4.17. The van der Waals surface area contributed by atoms with Crippen LogP contribution in [0.1, 0.15) is 6.92 Å². The van der Waals surface area contributed by atoms with Gasteiger partial charge in [-0.3, -0.25) is 4.21 Å². The third kappa shape index (κ3) is 8.42. The van der Waals surface area contributed by atoms with E-state index in [0.29, 0.717) is 0 Å². The maximum absolute atomic E-state index is 10.6. The van der Waals surface area contributed by atoms with E-state index in [1.54, 1.807) is 0 Å². The van der Waals surface area contributed by atoms with E-state index in [2.05, 4.69) is 11.3 Å². The SMILES string of the molecule is C=C(C)C(=O)OCCS(=O)[O-].[Na+]. The summed E-state index contributed by atoms with van der Waals surface area (Å²) in [7, 11) is 0. The molecule has 0 saturated carbocycles. The molecule has 1 atom stereocenters. The van der Waals surface area contributed by atoms with Crippen LogP contribution in [0.25, 0.3) is 0 Å². The number of hydrogen-bond acceptors (Lipinski definition) is 4. The Labute approximate surface area is 95.9 Å². The standard InChI is InChI=1S/C6H10O4S.Na/c1-5(2)6(7)10-3-4-11(8)9;/h1,3-4H2,2H3,(H,8,9);/q;+1/p-1. The Balaban J connectivity index is 0. The molecule has 0 saturated heterocycles. The molecule has 0 bridgehead atoms. The number of hydrogen-bond donors (Lipinski definition) is 0. The summed E-state index contributed by atoms with van der Waals surface area (Å²) in [4.78, 5) is 10.6. The van der Waals surface area contributed by atoms with E-state index in [1.165, 1.54) is 6.92 Å². The van der Waals surface area contributed by atoms with Crippen LogP contribution in [0.3, 0.4) is 0 Å². The third-order valence-corrected chi connectivity index (χ3v) is 1.33. The molecule has 0 aromatic heterocycles. The van der Waals surface area contributed by atoms with Crippen molar-refractivity contribution in [2.75, 3.05) is 12.4 Å². The number of carbonyl (C=O) groups excluding carboxylic acids is 1. The summed E-state index contributed by atoms with van der Waals surface area (Å²) in [5, 5.41) is 0. The number of rotatable bonds is 4. The molecular weight excluding hydrogens is 191 g/mol. The Hall–Kier alpha value is 0.320. The van der Waals surface area contributed by atoms with Crippen LogP contribution < -0.4 is 29.6 Å². The van der Waals surface area contributed by atoms with Crippen molar-refractivity contribution in [1.82, 2.24) is 0 Å². The molecule has 0 aliphatic carbocycles. The zero-order valence-electron chi connectivity index (χ0n) is 7.16. The van der Waals surface area contributed by atoms with Crippen LogP contribution >= 0.6 is 0 Å². The van der Waals surface area contributed by atoms with E-state index in [-0.39, 0.29) is 47.5 Å². The van der Waals surface area contributed by atoms with Crippen molar-refractivity contribution in [2.45, 2.75) is 6.92 Å². The fourth-order valence-corrected chi connectivity index (χ4v) is 0.545. The monoisotopic (exact) mass is 200 g/mol. The Bertz CT molecular complexity index is 192. The summed E-state index contributed by atoms with van der Waals surface area (Å²) >= 11 is -2.15. The van der Waals surface area contributed by atoms with Gasteiger partial charge in [-0.2, -0.15) is 0 Å². The minimum Gasteiger partial charge on any atom is -0.772 e. The van der Waals surface area contributed by atoms with Gasteiger partial charge in [0.2, 0.25) is 0 Å². The van der Waals surface area contributed by atoms with Gasteiger partial charge in [-0.1, -0.05) is 17.7 Å². The van der Waals surface area contributed by atoms with Gasteiger partial charge in [0, 0.05) is 11.3 Å². The summed E-state index contributed by atoms with van der Waals surface area (Å²) in [5.41, 5.74) is 0.265. The minimum atomic E-state index is -2.15. The van der Waals surface area contributed by atoms with Crippen molar-refractivity contribution in [3.05, 3.63) is 12.2 Å². The Kier molecular flexibility index (Phi) is 9.81. The van der Waals surface area contributed by atoms with Crippen LogP contribution in [0.4, 0.5) is 0 Å². The topological polar surface area (TPSA) is 66.4 Å². The molecule has 0 heterocycles. The Morgan fingerprint density at radius 1 is 1.67 bits per heavy atom. The molecule has 0 amide bonds.